The molecule has 14 heteroatoms. The first-order chi connectivity index (χ1) is 16.1. The fourth-order valence-electron chi connectivity index (χ4n) is 2.63. The van der Waals surface area contributed by atoms with Crippen molar-refractivity contribution in [3.05, 3.63) is 75.2 Å². The number of benzene rings is 2. The van der Waals surface area contributed by atoms with Gasteiger partial charge in [-0.25, -0.2) is 13.2 Å². The molecule has 3 N–H and O–H groups in total. The number of aromatic hydroxyl groups is 1. The van der Waals surface area contributed by atoms with E-state index in [-0.39, 0.29) is 32.4 Å². The van der Waals surface area contributed by atoms with Crippen LogP contribution < -0.4 is 10.0 Å². The quantitative estimate of drug-likeness (QED) is 0.236. The zero-order valence-corrected chi connectivity index (χ0v) is 18.6. The Bertz CT molecular complexity index is 1410. The van der Waals surface area contributed by atoms with Crippen LogP contribution in [0.25, 0.3) is 0 Å². The summed E-state index contributed by atoms with van der Waals surface area (Å²) in [5, 5.41) is 33.9. The Morgan fingerprint density at radius 2 is 1.97 bits per heavy atom. The highest BCUT2D eigenvalue weighted by molar-refractivity contribution is 7.94. The lowest BCUT2D eigenvalue weighted by Gasteiger charge is -2.10. The molecule has 3 aromatic rings. The Labute approximate surface area is 196 Å². The number of nitriles is 1. The lowest BCUT2D eigenvalue weighted by molar-refractivity contribution is -0.384. The molecule has 1 aromatic heterocycles. The molecule has 0 aliphatic carbocycles. The highest BCUT2D eigenvalue weighted by atomic mass is 32.2. The second-order valence-corrected chi connectivity index (χ2v) is 9.35. The number of nitro benzene ring substituents is 1. The van der Waals surface area contributed by atoms with Gasteiger partial charge < -0.3 is 15.2 Å². The molecule has 12 nitrogen and oxygen atoms in total. The molecule has 1 amide bonds. The van der Waals surface area contributed by atoms with Gasteiger partial charge in [0.1, 0.15) is 21.6 Å². The third-order valence-electron chi connectivity index (χ3n) is 4.17. The second kappa shape index (κ2) is 9.98. The fraction of sp³-hybridized carbons (Fsp3) is 0.0500. The second-order valence-electron chi connectivity index (χ2n) is 6.49. The van der Waals surface area contributed by atoms with Gasteiger partial charge in [-0.1, -0.05) is 6.07 Å². The maximum atomic E-state index is 12.2. The number of hydrogen-bond donors (Lipinski definition) is 3. The van der Waals surface area contributed by atoms with E-state index in [1.54, 1.807) is 17.5 Å². The third-order valence-corrected chi connectivity index (χ3v) is 6.95. The number of carbonyl (C=O) groups is 2. The minimum Gasteiger partial charge on any atom is -0.507 e. The van der Waals surface area contributed by atoms with Gasteiger partial charge in [-0.3, -0.25) is 19.6 Å². The molecule has 0 aliphatic rings. The van der Waals surface area contributed by atoms with Crippen LogP contribution in [0.5, 0.6) is 5.75 Å². The Morgan fingerprint density at radius 1 is 1.21 bits per heavy atom. The van der Waals surface area contributed by atoms with Gasteiger partial charge in [0.15, 0.2) is 6.61 Å². The highest BCUT2D eigenvalue weighted by Gasteiger charge is 2.19. The van der Waals surface area contributed by atoms with Gasteiger partial charge in [0.25, 0.3) is 21.6 Å². The van der Waals surface area contributed by atoms with Crippen LogP contribution in [0, 0.1) is 21.4 Å². The minimum atomic E-state index is -3.86. The number of hydrogen-bond acceptors (Lipinski definition) is 10. The van der Waals surface area contributed by atoms with E-state index in [2.05, 4.69) is 10.0 Å². The topological polar surface area (TPSA) is 189 Å². The van der Waals surface area contributed by atoms with Crippen molar-refractivity contribution in [1.82, 2.24) is 0 Å². The molecular weight excluding hydrogens is 488 g/mol. The van der Waals surface area contributed by atoms with Gasteiger partial charge in [-0.2, -0.15) is 5.26 Å². The number of nitrogens with one attached hydrogen (secondary N) is 2. The van der Waals surface area contributed by atoms with E-state index in [9.17, 15) is 33.2 Å². The van der Waals surface area contributed by atoms with E-state index >= 15 is 0 Å². The maximum Gasteiger partial charge on any atom is 0.342 e. The normalized spacial score (nSPS) is 10.7. The largest absolute Gasteiger partial charge is 0.507 e. The number of sulfonamides is 1. The molecule has 0 saturated heterocycles. The molecule has 174 valence electrons. The van der Waals surface area contributed by atoms with Crippen molar-refractivity contribution in [2.24, 2.45) is 0 Å². The maximum absolute atomic E-state index is 12.2. The first kappa shape index (κ1) is 24.2. The summed E-state index contributed by atoms with van der Waals surface area (Å²) in [4.78, 5) is 34.4. The Hall–Kier alpha value is -4.48. The molecule has 34 heavy (non-hydrogen) atoms. The molecule has 0 bridgehead atoms. The summed E-state index contributed by atoms with van der Waals surface area (Å²) in [6.07, 6.45) is 0. The fourth-order valence-corrected chi connectivity index (χ4v) is 4.67. The molecule has 0 radical (unpaired) electrons. The Morgan fingerprint density at radius 3 is 2.59 bits per heavy atom. The summed E-state index contributed by atoms with van der Waals surface area (Å²) in [5.74, 6) is -2.48. The van der Waals surface area contributed by atoms with Gasteiger partial charge in [0.05, 0.1) is 21.9 Å². The van der Waals surface area contributed by atoms with Crippen LogP contribution in [0.2, 0.25) is 0 Å². The van der Waals surface area contributed by atoms with Crippen LogP contribution in [0.4, 0.5) is 17.1 Å². The number of phenols is 1. The monoisotopic (exact) mass is 502 g/mol. The average molecular weight is 502 g/mol. The number of thiophene rings is 1. The molecule has 0 fully saturated rings. The first-order valence-corrected chi connectivity index (χ1v) is 11.5. The van der Waals surface area contributed by atoms with E-state index in [0.29, 0.717) is 0 Å². The van der Waals surface area contributed by atoms with Crippen LogP contribution in [0.3, 0.4) is 0 Å². The number of phenolic OH excluding ortho intramolecular Hbond substituents is 1. The van der Waals surface area contributed by atoms with Gasteiger partial charge in [-0.15, -0.1) is 11.3 Å². The Kier molecular flexibility index (Phi) is 7.09. The predicted octanol–water partition coefficient (Wildman–Crippen LogP) is 2.83. The van der Waals surface area contributed by atoms with Crippen LogP contribution in [0.1, 0.15) is 15.9 Å². The van der Waals surface area contributed by atoms with Crippen LogP contribution in [-0.4, -0.2) is 36.9 Å². The number of non-ortho nitro benzene ring substituents is 1. The summed E-state index contributed by atoms with van der Waals surface area (Å²) in [5.41, 5.74) is -0.827. The molecule has 1 heterocycles. The van der Waals surface area contributed by atoms with Crippen LogP contribution in [0.15, 0.2) is 58.1 Å². The van der Waals surface area contributed by atoms with E-state index in [4.69, 9.17) is 10.00 Å². The summed E-state index contributed by atoms with van der Waals surface area (Å²) >= 11 is 1.00. The summed E-state index contributed by atoms with van der Waals surface area (Å²) in [6.45, 7) is -0.785. The van der Waals surface area contributed by atoms with Crippen molar-refractivity contribution in [2.75, 3.05) is 16.6 Å². The number of amides is 1. The summed E-state index contributed by atoms with van der Waals surface area (Å²) in [7, 11) is -3.86. The lowest BCUT2D eigenvalue weighted by atomic mass is 10.1. The van der Waals surface area contributed by atoms with Crippen molar-refractivity contribution in [3.8, 4) is 11.8 Å². The van der Waals surface area contributed by atoms with Gasteiger partial charge in [0, 0.05) is 18.2 Å². The SMILES string of the molecule is N#Cc1cc([N+](=O)[O-])ccc1NC(=O)COC(=O)c1ccc(NS(=O)(=O)c2cccs2)cc1O. The molecule has 0 atom stereocenters. The number of nitro groups is 1. The summed E-state index contributed by atoms with van der Waals surface area (Å²) < 4.78 is 31.7. The van der Waals surface area contributed by atoms with Crippen LogP contribution >= 0.6 is 11.3 Å². The number of esters is 1. The van der Waals surface area contributed by atoms with Crippen LogP contribution in [-0.2, 0) is 19.6 Å². The number of carbonyl (C=O) groups excluding carboxylic acids is 2. The van der Waals surface area contributed by atoms with E-state index in [0.717, 1.165) is 41.7 Å². The van der Waals surface area contributed by atoms with Crippen molar-refractivity contribution in [1.29, 1.82) is 5.26 Å². The van der Waals surface area contributed by atoms with Crippen molar-refractivity contribution in [2.45, 2.75) is 4.21 Å². The number of rotatable bonds is 8. The number of nitrogens with zero attached hydrogens (tertiary/aromatic N) is 2. The summed E-state index contributed by atoms with van der Waals surface area (Å²) in [6, 6.07) is 11.3. The van der Waals surface area contributed by atoms with E-state index in [1.807, 2.05) is 0 Å². The lowest BCUT2D eigenvalue weighted by Crippen LogP contribution is -2.21. The molecule has 0 spiro atoms. The molecular formula is C20H14N4O8S2. The van der Waals surface area contributed by atoms with Crippen molar-refractivity contribution < 1.29 is 32.8 Å². The molecule has 0 saturated carbocycles. The predicted molar refractivity (Wildman–Crippen MR) is 120 cm³/mol. The third kappa shape index (κ3) is 5.65. The molecule has 0 unspecified atom stereocenters. The number of ether oxygens (including phenoxy) is 1. The van der Waals surface area contributed by atoms with E-state index < -0.39 is 39.2 Å². The zero-order chi connectivity index (χ0) is 24.9. The zero-order valence-electron chi connectivity index (χ0n) is 16.9. The minimum absolute atomic E-state index is 0.00222. The molecule has 0 aliphatic heterocycles. The Balaban J connectivity index is 1.62. The highest BCUT2D eigenvalue weighted by Crippen LogP contribution is 2.26. The first-order valence-electron chi connectivity index (χ1n) is 9.15. The molecule has 3 rings (SSSR count). The average Bonchev–Trinajstić information content (AvgIpc) is 3.33. The van der Waals surface area contributed by atoms with E-state index in [1.165, 1.54) is 12.1 Å². The van der Waals surface area contributed by atoms with Crippen molar-refractivity contribution >= 4 is 50.3 Å². The number of anilines is 2. The van der Waals surface area contributed by atoms with Crippen molar-refractivity contribution in [3.63, 3.8) is 0 Å². The molecule has 2 aromatic carbocycles. The van der Waals surface area contributed by atoms with Gasteiger partial charge in [0.2, 0.25) is 0 Å². The smallest absolute Gasteiger partial charge is 0.342 e. The van der Waals surface area contributed by atoms with Gasteiger partial charge in [-0.05, 0) is 29.6 Å². The standard InChI is InChI=1S/C20H14N4O8S2/c21-10-12-8-14(24(28)29)4-6-16(12)22-18(26)11-32-20(27)15-5-3-13(9-17(15)25)23-34(30,31)19-2-1-7-33-19/h1-9,23,25H,11H2,(H,22,26). The van der Waals surface area contributed by atoms with Gasteiger partial charge >= 0.3 is 5.97 Å².